The maximum atomic E-state index is 8.12. The van der Waals surface area contributed by atoms with Crippen molar-refractivity contribution in [2.75, 3.05) is 5.88 Å². The standard InChI is InChI=1S/C2H7ClOSi/c3-1-2-5-4/h4H,1-2,5H2. The minimum atomic E-state index is -0.718. The molecule has 0 aliphatic heterocycles. The quantitative estimate of drug-likeness (QED) is 0.383. The van der Waals surface area contributed by atoms with E-state index in [-0.39, 0.29) is 0 Å². The van der Waals surface area contributed by atoms with Gasteiger partial charge in [-0.3, -0.25) is 0 Å². The van der Waals surface area contributed by atoms with Gasteiger partial charge in [0, 0.05) is 5.88 Å². The lowest BCUT2D eigenvalue weighted by atomic mass is 11.0. The van der Waals surface area contributed by atoms with Crippen LogP contribution in [0.4, 0.5) is 0 Å². The van der Waals surface area contributed by atoms with Gasteiger partial charge in [0.25, 0.3) is 0 Å². The Balaban J connectivity index is 2.19. The highest BCUT2D eigenvalue weighted by Crippen LogP contribution is 1.77. The normalized spacial score (nSPS) is 10.8. The molecule has 0 bridgehead atoms. The molecule has 32 valence electrons. The van der Waals surface area contributed by atoms with Crippen LogP contribution in [0.3, 0.4) is 0 Å². The summed E-state index contributed by atoms with van der Waals surface area (Å²) in [5, 5.41) is 0. The van der Waals surface area contributed by atoms with Gasteiger partial charge in [-0.2, -0.15) is 0 Å². The second-order valence-electron chi connectivity index (χ2n) is 0.766. The smallest absolute Gasteiger partial charge is 0.157 e. The van der Waals surface area contributed by atoms with Gasteiger partial charge in [0.15, 0.2) is 9.76 Å². The summed E-state index contributed by atoms with van der Waals surface area (Å²) in [7, 11) is -0.718. The maximum absolute atomic E-state index is 8.12. The molecule has 0 atom stereocenters. The van der Waals surface area contributed by atoms with Gasteiger partial charge in [-0.25, -0.2) is 0 Å². The molecule has 0 fully saturated rings. The van der Waals surface area contributed by atoms with E-state index >= 15 is 0 Å². The number of rotatable bonds is 2. The summed E-state index contributed by atoms with van der Waals surface area (Å²) < 4.78 is 0. The van der Waals surface area contributed by atoms with E-state index in [1.54, 1.807) is 0 Å². The van der Waals surface area contributed by atoms with Crippen LogP contribution in [0.15, 0.2) is 0 Å². The fourth-order valence-electron chi connectivity index (χ4n) is 0.0598. The van der Waals surface area contributed by atoms with E-state index in [1.165, 1.54) is 0 Å². The highest BCUT2D eigenvalue weighted by atomic mass is 35.5. The first-order valence-corrected chi connectivity index (χ1v) is 3.75. The molecule has 0 aromatic carbocycles. The Morgan fingerprint density at radius 1 is 1.80 bits per heavy atom. The molecule has 0 aromatic heterocycles. The fraction of sp³-hybridized carbons (Fsp3) is 1.00. The van der Waals surface area contributed by atoms with E-state index < -0.39 is 9.76 Å². The summed E-state index contributed by atoms with van der Waals surface area (Å²) in [5.74, 6) is 0.628. The number of halogens is 1. The highest BCUT2D eigenvalue weighted by Gasteiger charge is 1.73. The molecule has 1 nitrogen and oxygen atoms in total. The summed E-state index contributed by atoms with van der Waals surface area (Å²) in [6.07, 6.45) is 0. The van der Waals surface area contributed by atoms with Gasteiger partial charge in [0.1, 0.15) is 0 Å². The third-order valence-electron chi connectivity index (χ3n) is 0.292. The molecule has 0 heterocycles. The Kier molecular flexibility index (Phi) is 4.88. The highest BCUT2D eigenvalue weighted by molar-refractivity contribution is 6.29. The van der Waals surface area contributed by atoms with Gasteiger partial charge in [0.05, 0.1) is 0 Å². The van der Waals surface area contributed by atoms with E-state index in [0.717, 1.165) is 6.04 Å². The van der Waals surface area contributed by atoms with Crippen molar-refractivity contribution in [1.82, 2.24) is 0 Å². The molecule has 0 radical (unpaired) electrons. The molecule has 3 heteroatoms. The van der Waals surface area contributed by atoms with Crippen molar-refractivity contribution in [3.05, 3.63) is 0 Å². The van der Waals surface area contributed by atoms with Crippen molar-refractivity contribution in [3.63, 3.8) is 0 Å². The van der Waals surface area contributed by atoms with E-state index in [4.69, 9.17) is 16.4 Å². The zero-order chi connectivity index (χ0) is 4.12. The van der Waals surface area contributed by atoms with Crippen molar-refractivity contribution in [3.8, 4) is 0 Å². The van der Waals surface area contributed by atoms with Crippen LogP contribution in [0.2, 0.25) is 6.04 Å². The average Bonchev–Trinajstić information content (AvgIpc) is 1.41. The number of hydrogen-bond donors (Lipinski definition) is 1. The molecule has 0 amide bonds. The van der Waals surface area contributed by atoms with Crippen molar-refractivity contribution < 1.29 is 4.80 Å². The third kappa shape index (κ3) is 4.47. The molecule has 1 N–H and O–H groups in total. The van der Waals surface area contributed by atoms with E-state index in [1.807, 2.05) is 0 Å². The van der Waals surface area contributed by atoms with Crippen molar-refractivity contribution >= 4 is 21.4 Å². The molecule has 0 aliphatic carbocycles. The first-order valence-electron chi connectivity index (χ1n) is 1.58. The Morgan fingerprint density at radius 3 is 2.40 bits per heavy atom. The number of hydrogen-bond acceptors (Lipinski definition) is 1. The van der Waals surface area contributed by atoms with Gasteiger partial charge in [0.2, 0.25) is 0 Å². The van der Waals surface area contributed by atoms with Gasteiger partial charge in [-0.1, -0.05) is 0 Å². The molecule has 0 aliphatic rings. The maximum Gasteiger partial charge on any atom is 0.157 e. The summed E-state index contributed by atoms with van der Waals surface area (Å²) >= 11 is 5.18. The molecular formula is C2H7ClOSi. The lowest BCUT2D eigenvalue weighted by Gasteiger charge is -1.75. The Morgan fingerprint density at radius 2 is 2.40 bits per heavy atom. The van der Waals surface area contributed by atoms with Crippen LogP contribution in [0, 0.1) is 0 Å². The van der Waals surface area contributed by atoms with Crippen LogP contribution in [-0.4, -0.2) is 20.4 Å². The lowest BCUT2D eigenvalue weighted by molar-refractivity contribution is 0.603. The molecule has 0 rings (SSSR count). The number of alkyl halides is 1. The molecule has 5 heavy (non-hydrogen) atoms. The largest absolute Gasteiger partial charge is 0.438 e. The van der Waals surface area contributed by atoms with Gasteiger partial charge < -0.3 is 4.80 Å². The van der Waals surface area contributed by atoms with Crippen LogP contribution in [0.25, 0.3) is 0 Å². The summed E-state index contributed by atoms with van der Waals surface area (Å²) in [6.45, 7) is 0. The van der Waals surface area contributed by atoms with Crippen LogP contribution in [0.1, 0.15) is 0 Å². The third-order valence-corrected chi connectivity index (χ3v) is 1.68. The molecule has 0 aromatic rings. The van der Waals surface area contributed by atoms with Crippen LogP contribution in [0.5, 0.6) is 0 Å². The van der Waals surface area contributed by atoms with Crippen molar-refractivity contribution in [2.45, 2.75) is 6.04 Å². The molecule has 0 saturated heterocycles. The van der Waals surface area contributed by atoms with Gasteiger partial charge in [-0.05, 0) is 6.04 Å². The molecular weight excluding hydrogens is 104 g/mol. The summed E-state index contributed by atoms with van der Waals surface area (Å²) in [6, 6.07) is 0.849. The predicted molar refractivity (Wildman–Crippen MR) is 26.3 cm³/mol. The van der Waals surface area contributed by atoms with Crippen molar-refractivity contribution in [1.29, 1.82) is 0 Å². The zero-order valence-corrected chi connectivity index (χ0v) is 5.12. The monoisotopic (exact) mass is 110 g/mol. The topological polar surface area (TPSA) is 20.2 Å². The molecule has 0 unspecified atom stereocenters. The van der Waals surface area contributed by atoms with E-state index in [0.29, 0.717) is 5.88 Å². The van der Waals surface area contributed by atoms with Crippen LogP contribution in [-0.2, 0) is 0 Å². The lowest BCUT2D eigenvalue weighted by Crippen LogP contribution is -1.83. The van der Waals surface area contributed by atoms with E-state index in [9.17, 15) is 0 Å². The summed E-state index contributed by atoms with van der Waals surface area (Å²) in [4.78, 5) is 8.12. The first-order chi connectivity index (χ1) is 2.41. The zero-order valence-electron chi connectivity index (χ0n) is 2.95. The second-order valence-corrected chi connectivity index (χ2v) is 2.30. The predicted octanol–water partition coefficient (Wildman–Crippen LogP) is -0.280. The molecule has 0 spiro atoms. The van der Waals surface area contributed by atoms with Crippen molar-refractivity contribution in [2.24, 2.45) is 0 Å². The Bertz CT molecular complexity index is 17.1. The SMILES string of the molecule is O[SiH2]CCCl. The van der Waals surface area contributed by atoms with E-state index in [2.05, 4.69) is 0 Å². The summed E-state index contributed by atoms with van der Waals surface area (Å²) in [5.41, 5.74) is 0. The average molecular weight is 111 g/mol. The molecule has 0 saturated carbocycles. The van der Waals surface area contributed by atoms with Gasteiger partial charge in [-0.15, -0.1) is 11.6 Å². The Labute approximate surface area is 38.9 Å². The minimum Gasteiger partial charge on any atom is -0.438 e. The van der Waals surface area contributed by atoms with Crippen LogP contribution < -0.4 is 0 Å². The second kappa shape index (κ2) is 4.47. The van der Waals surface area contributed by atoms with Crippen LogP contribution >= 0.6 is 11.6 Å². The minimum absolute atomic E-state index is 0.628. The van der Waals surface area contributed by atoms with Gasteiger partial charge >= 0.3 is 0 Å². The Hall–Kier alpha value is 0.467. The fourth-order valence-corrected chi connectivity index (χ4v) is 0.538. The first kappa shape index (κ1) is 5.47.